The average molecular weight is 251 g/mol. The smallest absolute Gasteiger partial charge is 0.335 e. The van der Waals surface area contributed by atoms with Gasteiger partial charge in [0.15, 0.2) is 0 Å². The molecule has 0 saturated heterocycles. The normalized spacial score (nSPS) is 10.5. The number of hydrogen-bond donors (Lipinski definition) is 1. The summed E-state index contributed by atoms with van der Waals surface area (Å²) in [6.07, 6.45) is 1.68. The molecular weight excluding hydrogens is 240 g/mol. The second-order valence-electron chi connectivity index (χ2n) is 3.57. The van der Waals surface area contributed by atoms with Gasteiger partial charge in [-0.3, -0.25) is 4.68 Å². The molecule has 0 amide bonds. The molecule has 88 valence electrons. The summed E-state index contributed by atoms with van der Waals surface area (Å²) in [6, 6.07) is 6.59. The molecule has 5 heteroatoms. The zero-order valence-corrected chi connectivity index (χ0v) is 9.98. The van der Waals surface area contributed by atoms with Crippen molar-refractivity contribution in [3.8, 4) is 11.3 Å². The van der Waals surface area contributed by atoms with Gasteiger partial charge in [-0.05, 0) is 31.2 Å². The minimum absolute atomic E-state index is 0.177. The van der Waals surface area contributed by atoms with Gasteiger partial charge in [0, 0.05) is 23.3 Å². The molecule has 2 rings (SSSR count). The van der Waals surface area contributed by atoms with Crippen LogP contribution in [0.15, 0.2) is 30.5 Å². The Morgan fingerprint density at radius 3 is 2.88 bits per heavy atom. The number of carboxylic acid groups (broad SMARTS) is 1. The molecule has 0 atom stereocenters. The predicted molar refractivity (Wildman–Crippen MR) is 65.3 cm³/mol. The molecule has 0 aliphatic rings. The van der Waals surface area contributed by atoms with E-state index in [9.17, 15) is 4.79 Å². The van der Waals surface area contributed by atoms with Crippen LogP contribution in [-0.2, 0) is 6.54 Å². The third-order valence-corrected chi connectivity index (χ3v) is 2.67. The van der Waals surface area contributed by atoms with Gasteiger partial charge in [-0.1, -0.05) is 11.6 Å². The number of carboxylic acids is 1. The molecule has 4 nitrogen and oxygen atoms in total. The predicted octanol–water partition coefficient (Wildman–Crippen LogP) is 2.92. The summed E-state index contributed by atoms with van der Waals surface area (Å²) in [4.78, 5) is 10.9. The third kappa shape index (κ3) is 2.31. The number of aryl methyl sites for hydroxylation is 1. The first kappa shape index (κ1) is 11.7. The van der Waals surface area contributed by atoms with Gasteiger partial charge in [0.25, 0.3) is 0 Å². The van der Waals surface area contributed by atoms with Gasteiger partial charge in [0.05, 0.1) is 11.3 Å². The van der Waals surface area contributed by atoms with E-state index in [1.54, 1.807) is 23.0 Å². The molecule has 0 radical (unpaired) electrons. The van der Waals surface area contributed by atoms with E-state index in [2.05, 4.69) is 5.10 Å². The Morgan fingerprint density at radius 2 is 2.24 bits per heavy atom. The molecule has 17 heavy (non-hydrogen) atoms. The van der Waals surface area contributed by atoms with Crippen LogP contribution in [0, 0.1) is 0 Å². The lowest BCUT2D eigenvalue weighted by Gasteiger charge is -2.06. The fourth-order valence-electron chi connectivity index (χ4n) is 1.69. The SMILES string of the molecule is CCn1nccc1-c1cc(Cl)cc(C(=O)O)c1. The molecule has 0 bridgehead atoms. The monoisotopic (exact) mass is 250 g/mol. The highest BCUT2D eigenvalue weighted by molar-refractivity contribution is 6.31. The van der Waals surface area contributed by atoms with Crippen LogP contribution in [0.5, 0.6) is 0 Å². The molecule has 0 unspecified atom stereocenters. The van der Waals surface area contributed by atoms with Gasteiger partial charge in [-0.15, -0.1) is 0 Å². The van der Waals surface area contributed by atoms with Gasteiger partial charge in [0.2, 0.25) is 0 Å². The molecule has 0 aliphatic carbocycles. The van der Waals surface area contributed by atoms with Crippen molar-refractivity contribution in [2.45, 2.75) is 13.5 Å². The number of halogens is 1. The highest BCUT2D eigenvalue weighted by atomic mass is 35.5. The van der Waals surface area contributed by atoms with E-state index in [-0.39, 0.29) is 5.56 Å². The maximum atomic E-state index is 10.9. The van der Waals surface area contributed by atoms with Crippen LogP contribution < -0.4 is 0 Å². The van der Waals surface area contributed by atoms with Crippen molar-refractivity contribution in [2.24, 2.45) is 0 Å². The molecular formula is C12H11ClN2O2. The van der Waals surface area contributed by atoms with Gasteiger partial charge in [-0.25, -0.2) is 4.79 Å². The molecule has 0 aliphatic heterocycles. The first-order valence-corrected chi connectivity index (χ1v) is 5.55. The van der Waals surface area contributed by atoms with Crippen molar-refractivity contribution >= 4 is 17.6 Å². The molecule has 0 saturated carbocycles. The van der Waals surface area contributed by atoms with Crippen LogP contribution in [0.25, 0.3) is 11.3 Å². The van der Waals surface area contributed by atoms with Crippen molar-refractivity contribution in [2.75, 3.05) is 0 Å². The van der Waals surface area contributed by atoms with E-state index >= 15 is 0 Å². The topological polar surface area (TPSA) is 55.1 Å². The Balaban J connectivity index is 2.56. The number of nitrogens with zero attached hydrogens (tertiary/aromatic N) is 2. The van der Waals surface area contributed by atoms with Gasteiger partial charge >= 0.3 is 5.97 Å². The molecule has 0 fully saturated rings. The number of carbonyl (C=O) groups is 1. The minimum atomic E-state index is -0.990. The van der Waals surface area contributed by atoms with E-state index in [4.69, 9.17) is 16.7 Å². The number of aromatic nitrogens is 2. The van der Waals surface area contributed by atoms with E-state index in [1.165, 1.54) is 6.07 Å². The lowest BCUT2D eigenvalue weighted by atomic mass is 10.1. The Hall–Kier alpha value is -1.81. The second kappa shape index (κ2) is 4.59. The molecule has 1 heterocycles. The number of hydrogen-bond acceptors (Lipinski definition) is 2. The molecule has 1 N–H and O–H groups in total. The quantitative estimate of drug-likeness (QED) is 0.911. The third-order valence-electron chi connectivity index (χ3n) is 2.46. The second-order valence-corrected chi connectivity index (χ2v) is 4.00. The summed E-state index contributed by atoms with van der Waals surface area (Å²) in [5.41, 5.74) is 1.79. The number of rotatable bonds is 3. The van der Waals surface area contributed by atoms with E-state index in [0.717, 1.165) is 17.8 Å². The van der Waals surface area contributed by atoms with Crippen molar-refractivity contribution < 1.29 is 9.90 Å². The zero-order valence-electron chi connectivity index (χ0n) is 9.22. The Kier molecular flexibility index (Phi) is 3.15. The summed E-state index contributed by atoms with van der Waals surface area (Å²) in [7, 11) is 0. The van der Waals surface area contributed by atoms with Crippen molar-refractivity contribution in [1.82, 2.24) is 9.78 Å². The van der Waals surface area contributed by atoms with Crippen molar-refractivity contribution in [3.63, 3.8) is 0 Å². The van der Waals surface area contributed by atoms with Gasteiger partial charge in [0.1, 0.15) is 0 Å². The maximum Gasteiger partial charge on any atom is 0.335 e. The van der Waals surface area contributed by atoms with Crippen LogP contribution in [-0.4, -0.2) is 20.9 Å². The van der Waals surface area contributed by atoms with E-state index in [1.807, 2.05) is 13.0 Å². The summed E-state index contributed by atoms with van der Waals surface area (Å²) in [5, 5.41) is 13.5. The molecule has 1 aromatic carbocycles. The Morgan fingerprint density at radius 1 is 1.47 bits per heavy atom. The minimum Gasteiger partial charge on any atom is -0.478 e. The lowest BCUT2D eigenvalue weighted by molar-refractivity contribution is 0.0697. The van der Waals surface area contributed by atoms with Crippen LogP contribution in [0.2, 0.25) is 5.02 Å². The van der Waals surface area contributed by atoms with Gasteiger partial charge < -0.3 is 5.11 Å². The highest BCUT2D eigenvalue weighted by Crippen LogP contribution is 2.24. The summed E-state index contributed by atoms with van der Waals surface area (Å²) >= 11 is 5.91. The standard InChI is InChI=1S/C12H11ClN2O2/c1-2-15-11(3-4-14-15)8-5-9(12(16)17)7-10(13)6-8/h3-7H,2H2,1H3,(H,16,17). The summed E-state index contributed by atoms with van der Waals surface area (Å²) in [5.74, 6) is -0.990. The first-order chi connectivity index (χ1) is 8.11. The summed E-state index contributed by atoms with van der Waals surface area (Å²) in [6.45, 7) is 2.69. The fraction of sp³-hybridized carbons (Fsp3) is 0.167. The fourth-order valence-corrected chi connectivity index (χ4v) is 1.93. The molecule has 1 aromatic heterocycles. The largest absolute Gasteiger partial charge is 0.478 e. The van der Waals surface area contributed by atoms with Crippen molar-refractivity contribution in [3.05, 3.63) is 41.0 Å². The van der Waals surface area contributed by atoms with Crippen LogP contribution >= 0.6 is 11.6 Å². The average Bonchev–Trinajstić information content (AvgIpc) is 2.76. The Bertz CT molecular complexity index is 563. The maximum absolute atomic E-state index is 10.9. The zero-order chi connectivity index (χ0) is 12.4. The van der Waals surface area contributed by atoms with Crippen molar-refractivity contribution in [1.29, 1.82) is 0 Å². The Labute approximate surface area is 103 Å². The van der Waals surface area contributed by atoms with Crippen LogP contribution in [0.4, 0.5) is 0 Å². The molecule has 0 spiro atoms. The van der Waals surface area contributed by atoms with Gasteiger partial charge in [-0.2, -0.15) is 5.10 Å². The van der Waals surface area contributed by atoms with E-state index < -0.39 is 5.97 Å². The molecule has 2 aromatic rings. The summed E-state index contributed by atoms with van der Waals surface area (Å²) < 4.78 is 1.79. The highest BCUT2D eigenvalue weighted by Gasteiger charge is 2.10. The lowest BCUT2D eigenvalue weighted by Crippen LogP contribution is -2.01. The van der Waals surface area contributed by atoms with Crippen LogP contribution in [0.1, 0.15) is 17.3 Å². The number of aromatic carboxylic acids is 1. The number of benzene rings is 1. The van der Waals surface area contributed by atoms with E-state index in [0.29, 0.717) is 5.02 Å². The first-order valence-electron chi connectivity index (χ1n) is 5.18. The van der Waals surface area contributed by atoms with Crippen LogP contribution in [0.3, 0.4) is 0 Å².